The van der Waals surface area contributed by atoms with Gasteiger partial charge in [0.2, 0.25) is 0 Å². The Morgan fingerprint density at radius 1 is 1.00 bits per heavy atom. The molecule has 31 heavy (non-hydrogen) atoms. The first kappa shape index (κ1) is 21.2. The molecule has 1 heterocycles. The van der Waals surface area contributed by atoms with Crippen molar-refractivity contribution in [3.05, 3.63) is 94.4 Å². The first-order valence-corrected chi connectivity index (χ1v) is 10.5. The Balaban J connectivity index is 1.42. The van der Waals surface area contributed by atoms with Crippen LogP contribution in [0.2, 0.25) is 5.02 Å². The van der Waals surface area contributed by atoms with Gasteiger partial charge in [-0.3, -0.25) is 0 Å². The number of rotatable bonds is 9. The summed E-state index contributed by atoms with van der Waals surface area (Å²) in [5.74, 6) is 0.799. The maximum absolute atomic E-state index is 14.1. The lowest BCUT2D eigenvalue weighted by atomic mass is 10.1. The normalized spacial score (nSPS) is 11.1. The van der Waals surface area contributed by atoms with E-state index in [9.17, 15) is 4.39 Å². The van der Waals surface area contributed by atoms with E-state index in [-0.39, 0.29) is 12.4 Å². The molecule has 0 aliphatic carbocycles. The number of aromatic nitrogens is 1. The summed E-state index contributed by atoms with van der Waals surface area (Å²) < 4.78 is 25.6. The summed E-state index contributed by atoms with van der Waals surface area (Å²) in [5.41, 5.74) is 3.69. The number of fused-ring (bicyclic) bond motifs is 1. The summed E-state index contributed by atoms with van der Waals surface area (Å²) in [6, 6.07) is 18.6. The predicted molar refractivity (Wildman–Crippen MR) is 122 cm³/mol. The fraction of sp³-hybridized carbons (Fsp3) is 0.200. The molecule has 0 unspecified atom stereocenters. The molecule has 0 aliphatic heterocycles. The van der Waals surface area contributed by atoms with Gasteiger partial charge in [0.05, 0.1) is 12.1 Å². The molecule has 0 amide bonds. The molecule has 4 aromatic rings. The second kappa shape index (κ2) is 9.86. The zero-order valence-electron chi connectivity index (χ0n) is 17.3. The molecule has 160 valence electrons. The zero-order chi connectivity index (χ0) is 21.6. The van der Waals surface area contributed by atoms with Crippen LogP contribution in [0.1, 0.15) is 16.7 Å². The fourth-order valence-electron chi connectivity index (χ4n) is 3.62. The van der Waals surface area contributed by atoms with Gasteiger partial charge in [0, 0.05) is 34.8 Å². The van der Waals surface area contributed by atoms with E-state index in [0.29, 0.717) is 28.6 Å². The number of halogens is 2. The van der Waals surface area contributed by atoms with Crippen LogP contribution in [-0.2, 0) is 19.6 Å². The van der Waals surface area contributed by atoms with Crippen LogP contribution in [0, 0.1) is 5.82 Å². The van der Waals surface area contributed by atoms with E-state index in [1.807, 2.05) is 24.3 Å². The van der Waals surface area contributed by atoms with Crippen molar-refractivity contribution in [2.45, 2.75) is 19.6 Å². The predicted octanol–water partition coefficient (Wildman–Crippen LogP) is 5.88. The van der Waals surface area contributed by atoms with Gasteiger partial charge in [-0.25, -0.2) is 4.39 Å². The monoisotopic (exact) mass is 438 g/mol. The number of ether oxygens (including phenoxy) is 2. The average molecular weight is 439 g/mol. The van der Waals surface area contributed by atoms with E-state index in [4.69, 9.17) is 21.1 Å². The van der Waals surface area contributed by atoms with E-state index in [1.165, 1.54) is 17.0 Å². The van der Waals surface area contributed by atoms with Gasteiger partial charge in [-0.05, 0) is 42.8 Å². The molecule has 4 rings (SSSR count). The van der Waals surface area contributed by atoms with Gasteiger partial charge >= 0.3 is 0 Å². The van der Waals surface area contributed by atoms with Gasteiger partial charge in [-0.2, -0.15) is 0 Å². The maximum atomic E-state index is 14.1. The first-order valence-electron chi connectivity index (χ1n) is 10.1. The smallest absolute Gasteiger partial charge is 0.166 e. The molecule has 0 aliphatic rings. The SMILES string of the molecule is COc1cccc(CNCCc2c[nH]c3ccccc23)c1OCc1c(F)cccc1Cl. The quantitative estimate of drug-likeness (QED) is 0.321. The maximum Gasteiger partial charge on any atom is 0.166 e. The summed E-state index contributed by atoms with van der Waals surface area (Å²) in [5, 5.41) is 5.06. The van der Waals surface area contributed by atoms with Crippen LogP contribution in [0.25, 0.3) is 10.9 Å². The highest BCUT2D eigenvalue weighted by Crippen LogP contribution is 2.33. The summed E-state index contributed by atoms with van der Waals surface area (Å²) >= 11 is 6.14. The van der Waals surface area contributed by atoms with Crippen LogP contribution in [-0.4, -0.2) is 18.6 Å². The fourth-order valence-corrected chi connectivity index (χ4v) is 3.84. The molecular weight excluding hydrogens is 415 g/mol. The summed E-state index contributed by atoms with van der Waals surface area (Å²) in [7, 11) is 1.59. The molecule has 4 nitrogen and oxygen atoms in total. The van der Waals surface area contributed by atoms with E-state index >= 15 is 0 Å². The van der Waals surface area contributed by atoms with Gasteiger partial charge in [-0.1, -0.05) is 48.0 Å². The highest BCUT2D eigenvalue weighted by Gasteiger charge is 2.14. The molecule has 0 atom stereocenters. The number of benzene rings is 3. The van der Waals surface area contributed by atoms with Gasteiger partial charge in [0.15, 0.2) is 11.5 Å². The highest BCUT2D eigenvalue weighted by atomic mass is 35.5. The van der Waals surface area contributed by atoms with Crippen molar-refractivity contribution in [3.8, 4) is 11.5 Å². The van der Waals surface area contributed by atoms with Crippen LogP contribution >= 0.6 is 11.6 Å². The lowest BCUT2D eigenvalue weighted by molar-refractivity contribution is 0.276. The third kappa shape index (κ3) is 4.84. The van der Waals surface area contributed by atoms with Gasteiger partial charge in [0.25, 0.3) is 0 Å². The summed E-state index contributed by atoms with van der Waals surface area (Å²) in [6.45, 7) is 1.42. The van der Waals surface area contributed by atoms with E-state index < -0.39 is 0 Å². The van der Waals surface area contributed by atoms with Crippen molar-refractivity contribution in [2.75, 3.05) is 13.7 Å². The minimum Gasteiger partial charge on any atom is -0.493 e. The van der Waals surface area contributed by atoms with Gasteiger partial charge < -0.3 is 19.8 Å². The standard InChI is InChI=1S/C25H24ClFN2O2/c1-30-24-11-4-6-18(25(24)31-16-20-21(26)8-5-9-22(20)27)14-28-13-12-17-15-29-23-10-3-2-7-19(17)23/h2-11,15,28-29H,12-14,16H2,1H3. The van der Waals surface area contributed by atoms with Crippen LogP contribution in [0.4, 0.5) is 4.39 Å². The minimum atomic E-state index is -0.388. The van der Waals surface area contributed by atoms with Crippen molar-refractivity contribution >= 4 is 22.5 Å². The number of aromatic amines is 1. The van der Waals surface area contributed by atoms with Crippen LogP contribution < -0.4 is 14.8 Å². The number of methoxy groups -OCH3 is 1. The van der Waals surface area contributed by atoms with E-state index in [2.05, 4.69) is 34.7 Å². The number of hydrogen-bond donors (Lipinski definition) is 2. The van der Waals surface area contributed by atoms with Crippen LogP contribution in [0.3, 0.4) is 0 Å². The van der Waals surface area contributed by atoms with Crippen LogP contribution in [0.5, 0.6) is 11.5 Å². The molecule has 6 heteroatoms. The van der Waals surface area contributed by atoms with Gasteiger partial charge in [-0.15, -0.1) is 0 Å². The number of hydrogen-bond acceptors (Lipinski definition) is 3. The van der Waals surface area contributed by atoms with Crippen molar-refractivity contribution in [3.63, 3.8) is 0 Å². The molecule has 1 aromatic heterocycles. The number of nitrogens with one attached hydrogen (secondary N) is 2. The Hall–Kier alpha value is -3.02. The van der Waals surface area contributed by atoms with E-state index in [0.717, 1.165) is 24.0 Å². The Morgan fingerprint density at radius 2 is 1.84 bits per heavy atom. The molecule has 2 N–H and O–H groups in total. The van der Waals surface area contributed by atoms with Crippen molar-refractivity contribution in [2.24, 2.45) is 0 Å². The highest BCUT2D eigenvalue weighted by molar-refractivity contribution is 6.31. The molecule has 0 saturated heterocycles. The Bertz CT molecular complexity index is 1160. The molecule has 0 spiro atoms. The zero-order valence-corrected chi connectivity index (χ0v) is 18.0. The topological polar surface area (TPSA) is 46.3 Å². The lowest BCUT2D eigenvalue weighted by Gasteiger charge is -2.16. The Morgan fingerprint density at radius 3 is 2.68 bits per heavy atom. The average Bonchev–Trinajstić information content (AvgIpc) is 3.20. The molecule has 0 radical (unpaired) electrons. The molecular formula is C25H24ClFN2O2. The van der Waals surface area contributed by atoms with Gasteiger partial charge in [0.1, 0.15) is 12.4 Å². The molecule has 0 saturated carbocycles. The molecule has 0 fully saturated rings. The van der Waals surface area contributed by atoms with Crippen molar-refractivity contribution in [1.29, 1.82) is 0 Å². The third-order valence-corrected chi connectivity index (χ3v) is 5.62. The number of H-pyrrole nitrogens is 1. The second-order valence-electron chi connectivity index (χ2n) is 7.22. The van der Waals surface area contributed by atoms with Crippen LogP contribution in [0.15, 0.2) is 66.9 Å². The van der Waals surface area contributed by atoms with Crippen molar-refractivity contribution < 1.29 is 13.9 Å². The second-order valence-corrected chi connectivity index (χ2v) is 7.63. The van der Waals surface area contributed by atoms with Crippen molar-refractivity contribution in [1.82, 2.24) is 10.3 Å². The molecule has 0 bridgehead atoms. The summed E-state index contributed by atoms with van der Waals surface area (Å²) in [6.07, 6.45) is 2.96. The molecule has 3 aromatic carbocycles. The van der Waals surface area contributed by atoms with E-state index in [1.54, 1.807) is 19.2 Å². The summed E-state index contributed by atoms with van der Waals surface area (Å²) in [4.78, 5) is 3.31. The number of para-hydroxylation sites is 2. The first-order chi connectivity index (χ1) is 15.2. The lowest BCUT2D eigenvalue weighted by Crippen LogP contribution is -2.17. The Kier molecular flexibility index (Phi) is 6.75. The minimum absolute atomic E-state index is 0.0220. The largest absolute Gasteiger partial charge is 0.493 e. The third-order valence-electron chi connectivity index (χ3n) is 5.26. The Labute approximate surface area is 186 Å².